The molecule has 4 amide bonds. The number of nitrogens with one attached hydrogen (secondary N) is 3. The average molecular weight is 568 g/mol. The Hall–Kier alpha value is -2.67. The summed E-state index contributed by atoms with van der Waals surface area (Å²) in [6, 6.07) is -2.34. The normalized spacial score (nSPS) is 32.2. The highest BCUT2D eigenvalue weighted by atomic mass is 32.2. The van der Waals surface area contributed by atoms with E-state index in [1.54, 1.807) is 20.8 Å². The monoisotopic (exact) mass is 567 g/mol. The van der Waals surface area contributed by atoms with Crippen LogP contribution in [-0.4, -0.2) is 78.2 Å². The number of carbonyl (C=O) groups is 4. The van der Waals surface area contributed by atoms with Gasteiger partial charge in [0.05, 0.1) is 5.25 Å². The summed E-state index contributed by atoms with van der Waals surface area (Å²) >= 11 is 0. The van der Waals surface area contributed by atoms with Crippen molar-refractivity contribution < 1.29 is 32.3 Å². The van der Waals surface area contributed by atoms with Gasteiger partial charge in [-0.05, 0) is 65.7 Å². The summed E-state index contributed by atoms with van der Waals surface area (Å²) in [6.07, 6.45) is 7.92. The number of rotatable bonds is 4. The maximum Gasteiger partial charge on any atom is 0.408 e. The highest BCUT2D eigenvalue weighted by Crippen LogP contribution is 2.46. The van der Waals surface area contributed by atoms with E-state index in [1.807, 2.05) is 12.2 Å². The largest absolute Gasteiger partial charge is 0.444 e. The van der Waals surface area contributed by atoms with E-state index < -0.39 is 68.4 Å². The maximum atomic E-state index is 13.7. The van der Waals surface area contributed by atoms with Crippen molar-refractivity contribution in [1.82, 2.24) is 20.3 Å². The van der Waals surface area contributed by atoms with E-state index in [0.29, 0.717) is 25.7 Å². The first kappa shape index (κ1) is 29.3. The van der Waals surface area contributed by atoms with Gasteiger partial charge in [0.1, 0.15) is 23.2 Å². The van der Waals surface area contributed by atoms with Gasteiger partial charge in [0, 0.05) is 18.5 Å². The Balaban J connectivity index is 1.57. The predicted molar refractivity (Wildman–Crippen MR) is 143 cm³/mol. The zero-order valence-electron chi connectivity index (χ0n) is 22.9. The first-order valence-electron chi connectivity index (χ1n) is 13.8. The molecule has 2 aliphatic carbocycles. The molecule has 0 aromatic heterocycles. The number of sulfonamides is 1. The highest BCUT2D eigenvalue weighted by molar-refractivity contribution is 7.91. The molecule has 0 radical (unpaired) electrons. The van der Waals surface area contributed by atoms with Gasteiger partial charge in [-0.1, -0.05) is 25.0 Å². The molecule has 13 heteroatoms. The minimum atomic E-state index is -3.81. The van der Waals surface area contributed by atoms with Gasteiger partial charge in [0.2, 0.25) is 21.8 Å². The van der Waals surface area contributed by atoms with Gasteiger partial charge in [-0.15, -0.1) is 0 Å². The van der Waals surface area contributed by atoms with Crippen LogP contribution in [0.3, 0.4) is 0 Å². The van der Waals surface area contributed by atoms with Crippen LogP contribution in [-0.2, 0) is 29.1 Å². The van der Waals surface area contributed by atoms with Crippen molar-refractivity contribution in [2.45, 2.75) is 113 Å². The zero-order chi connectivity index (χ0) is 28.6. The van der Waals surface area contributed by atoms with Gasteiger partial charge in [-0.25, -0.2) is 13.2 Å². The number of alkyl carbamates (subject to hydrolysis) is 1. The van der Waals surface area contributed by atoms with Crippen molar-refractivity contribution in [2.24, 2.45) is 11.7 Å². The topological polar surface area (TPSA) is 177 Å². The summed E-state index contributed by atoms with van der Waals surface area (Å²) in [5, 5.41) is 4.88. The minimum Gasteiger partial charge on any atom is -0.444 e. The second-order valence-corrected chi connectivity index (χ2v) is 14.2. The number of hydrogen-bond donors (Lipinski definition) is 4. The lowest BCUT2D eigenvalue weighted by Crippen LogP contribution is -2.58. The average Bonchev–Trinajstić information content (AvgIpc) is 3.73. The van der Waals surface area contributed by atoms with Gasteiger partial charge in [-0.2, -0.15) is 0 Å². The van der Waals surface area contributed by atoms with Crippen LogP contribution in [0.25, 0.3) is 0 Å². The lowest BCUT2D eigenvalue weighted by molar-refractivity contribution is -0.141. The molecular formula is C26H41N5O7S. The molecule has 0 spiro atoms. The van der Waals surface area contributed by atoms with Crippen molar-refractivity contribution in [3.05, 3.63) is 12.2 Å². The molecule has 0 aromatic rings. The molecule has 4 aliphatic rings. The van der Waals surface area contributed by atoms with Crippen molar-refractivity contribution in [2.75, 3.05) is 6.54 Å². The van der Waals surface area contributed by atoms with E-state index in [9.17, 15) is 27.6 Å². The van der Waals surface area contributed by atoms with Crippen molar-refractivity contribution in [3.63, 3.8) is 0 Å². The van der Waals surface area contributed by atoms with E-state index in [4.69, 9.17) is 10.5 Å². The number of allylic oxidation sites excluding steroid dienone is 1. The second-order valence-electron chi connectivity index (χ2n) is 12.2. The third-order valence-corrected chi connectivity index (χ3v) is 9.42. The van der Waals surface area contributed by atoms with Crippen LogP contribution in [0.1, 0.15) is 78.6 Å². The second kappa shape index (κ2) is 11.1. The summed E-state index contributed by atoms with van der Waals surface area (Å²) in [7, 11) is -3.81. The van der Waals surface area contributed by atoms with Gasteiger partial charge in [-0.3, -0.25) is 19.1 Å². The lowest BCUT2D eigenvalue weighted by Gasteiger charge is -2.30. The predicted octanol–water partition coefficient (Wildman–Crippen LogP) is 0.812. The highest BCUT2D eigenvalue weighted by Gasteiger charge is 2.62. The molecule has 5 N–H and O–H groups in total. The van der Waals surface area contributed by atoms with E-state index in [2.05, 4.69) is 15.4 Å². The molecular weight excluding hydrogens is 526 g/mol. The molecule has 1 saturated heterocycles. The number of amides is 4. The molecule has 12 nitrogen and oxygen atoms in total. The smallest absolute Gasteiger partial charge is 0.408 e. The summed E-state index contributed by atoms with van der Waals surface area (Å²) in [5.74, 6) is -2.13. The molecule has 2 saturated carbocycles. The third-order valence-electron chi connectivity index (χ3n) is 7.60. The Morgan fingerprint density at radius 1 is 1.15 bits per heavy atom. The molecule has 218 valence electrons. The number of nitrogens with two attached hydrogens (primary N) is 1. The summed E-state index contributed by atoms with van der Waals surface area (Å²) in [4.78, 5) is 54.4. The number of ether oxygens (including phenoxy) is 1. The molecule has 0 aromatic carbocycles. The Morgan fingerprint density at radius 3 is 2.54 bits per heavy atom. The van der Waals surface area contributed by atoms with Crippen LogP contribution in [0, 0.1) is 5.92 Å². The zero-order valence-corrected chi connectivity index (χ0v) is 23.7. The van der Waals surface area contributed by atoms with Crippen LogP contribution < -0.4 is 21.1 Å². The van der Waals surface area contributed by atoms with Crippen LogP contribution >= 0.6 is 0 Å². The quantitative estimate of drug-likeness (QED) is 0.361. The molecule has 5 atom stereocenters. The summed E-state index contributed by atoms with van der Waals surface area (Å²) < 4.78 is 32.5. The SMILES string of the molecule is CC(C)(C)OC(=O)N[C@H]1CCCCCC=C[C@@H]2C[C@@]2(C(=O)NS(=O)(=O)C2CC2)NC(=O)[C@@H]2C[C@@H](N)CN2C1=O. The van der Waals surface area contributed by atoms with Crippen LogP contribution in [0.5, 0.6) is 0 Å². The summed E-state index contributed by atoms with van der Waals surface area (Å²) in [6.45, 7) is 5.30. The van der Waals surface area contributed by atoms with Crippen molar-refractivity contribution in [3.8, 4) is 0 Å². The van der Waals surface area contributed by atoms with E-state index in [-0.39, 0.29) is 25.3 Å². The Kier molecular flexibility index (Phi) is 8.32. The summed E-state index contributed by atoms with van der Waals surface area (Å²) in [5.41, 5.74) is 4.01. The van der Waals surface area contributed by atoms with E-state index in [1.165, 1.54) is 4.90 Å². The third kappa shape index (κ3) is 7.10. The van der Waals surface area contributed by atoms with Crippen molar-refractivity contribution in [1.29, 1.82) is 0 Å². The fourth-order valence-electron chi connectivity index (χ4n) is 5.28. The molecule has 0 bridgehead atoms. The van der Waals surface area contributed by atoms with E-state index >= 15 is 0 Å². The number of carbonyl (C=O) groups excluding carboxylic acids is 4. The fraction of sp³-hybridized carbons (Fsp3) is 0.769. The van der Waals surface area contributed by atoms with E-state index in [0.717, 1.165) is 19.3 Å². The van der Waals surface area contributed by atoms with Gasteiger partial charge >= 0.3 is 6.09 Å². The Morgan fingerprint density at radius 2 is 1.87 bits per heavy atom. The first-order chi connectivity index (χ1) is 18.2. The standard InChI is InChI=1S/C26H41N5O7S/c1-25(2,3)38-24(35)28-19-10-8-6-4-5-7-9-16-14-26(16,23(34)30-39(36,37)18-11-12-18)29-21(32)20-13-17(27)15-31(20)22(19)33/h7,9,16-20H,4-6,8,10-15,27H2,1-3H3,(H,28,35)(H,29,32)(H,30,34)/t16-,17-,19+,20+,26-/m1/s1. The number of nitrogens with zero attached hydrogens (tertiary/aromatic N) is 1. The number of fused-ring (bicyclic) bond motifs is 2. The number of hydrogen-bond acceptors (Lipinski definition) is 8. The van der Waals surface area contributed by atoms with Gasteiger partial charge in [0.15, 0.2) is 0 Å². The van der Waals surface area contributed by atoms with Crippen LogP contribution in [0.15, 0.2) is 12.2 Å². The first-order valence-corrected chi connectivity index (χ1v) is 15.4. The molecule has 39 heavy (non-hydrogen) atoms. The molecule has 2 aliphatic heterocycles. The van der Waals surface area contributed by atoms with Crippen LogP contribution in [0.2, 0.25) is 0 Å². The van der Waals surface area contributed by atoms with Gasteiger partial charge < -0.3 is 26.0 Å². The Bertz CT molecular complexity index is 1130. The van der Waals surface area contributed by atoms with Gasteiger partial charge in [0.25, 0.3) is 5.91 Å². The molecule has 2 heterocycles. The molecule has 3 fully saturated rings. The molecule has 4 rings (SSSR count). The van der Waals surface area contributed by atoms with Crippen LogP contribution in [0.4, 0.5) is 4.79 Å². The fourth-order valence-corrected chi connectivity index (χ4v) is 6.65. The lowest BCUT2D eigenvalue weighted by atomic mass is 10.0. The maximum absolute atomic E-state index is 13.7. The Labute approximate surface area is 229 Å². The minimum absolute atomic E-state index is 0.113. The molecule has 0 unspecified atom stereocenters. The van der Waals surface area contributed by atoms with Crippen molar-refractivity contribution >= 4 is 33.8 Å².